The van der Waals surface area contributed by atoms with Gasteiger partial charge in [-0.25, -0.2) is 14.6 Å². The molecule has 2 atom stereocenters. The van der Waals surface area contributed by atoms with Crippen molar-refractivity contribution in [1.29, 1.82) is 0 Å². The number of aromatic carboxylic acids is 1. The van der Waals surface area contributed by atoms with Crippen LogP contribution in [0.1, 0.15) is 49.4 Å². The van der Waals surface area contributed by atoms with Gasteiger partial charge >= 0.3 is 12.0 Å². The number of carboxylic acids is 1. The van der Waals surface area contributed by atoms with E-state index < -0.39 is 5.97 Å². The molecule has 0 spiro atoms. The van der Waals surface area contributed by atoms with E-state index in [9.17, 15) is 9.59 Å². The standard InChI is InChI=1S/C14H21N3O4/c1-9-4-3-5-10(2)17(9)16-14(20)15-8-11-6-7-12(21-11)13(18)19/h6-7,9-10H,3-5,8H2,1-2H3,(H,18,19)(H2,15,16,20). The van der Waals surface area contributed by atoms with Crippen LogP contribution in [-0.4, -0.2) is 34.2 Å². The largest absolute Gasteiger partial charge is 0.475 e. The molecule has 0 aromatic carbocycles. The van der Waals surface area contributed by atoms with Gasteiger partial charge in [-0.15, -0.1) is 0 Å². The second kappa shape index (κ2) is 6.62. The zero-order valence-corrected chi connectivity index (χ0v) is 12.3. The Labute approximate surface area is 123 Å². The summed E-state index contributed by atoms with van der Waals surface area (Å²) in [5.74, 6) is -0.852. The molecule has 0 bridgehead atoms. The number of carboxylic acid groups (broad SMARTS) is 1. The number of nitrogens with zero attached hydrogens (tertiary/aromatic N) is 1. The number of carbonyl (C=O) groups is 2. The monoisotopic (exact) mass is 295 g/mol. The van der Waals surface area contributed by atoms with Crippen LogP contribution in [0.25, 0.3) is 0 Å². The third-order valence-electron chi connectivity index (χ3n) is 3.72. The fraction of sp³-hybridized carbons (Fsp3) is 0.571. The minimum atomic E-state index is -1.12. The van der Waals surface area contributed by atoms with Crippen LogP contribution in [0.15, 0.2) is 16.5 Å². The molecule has 7 nitrogen and oxygen atoms in total. The molecule has 1 saturated heterocycles. The molecule has 2 rings (SSSR count). The zero-order chi connectivity index (χ0) is 15.4. The van der Waals surface area contributed by atoms with Gasteiger partial charge in [0.25, 0.3) is 0 Å². The van der Waals surface area contributed by atoms with Gasteiger partial charge < -0.3 is 14.8 Å². The molecular weight excluding hydrogens is 274 g/mol. The first kappa shape index (κ1) is 15.4. The summed E-state index contributed by atoms with van der Waals surface area (Å²) in [7, 11) is 0. The summed E-state index contributed by atoms with van der Waals surface area (Å²) in [4.78, 5) is 22.6. The lowest BCUT2D eigenvalue weighted by molar-refractivity contribution is 0.0592. The van der Waals surface area contributed by atoms with Gasteiger partial charge in [-0.05, 0) is 38.8 Å². The van der Waals surface area contributed by atoms with E-state index in [1.54, 1.807) is 0 Å². The number of piperidine rings is 1. The highest BCUT2D eigenvalue weighted by atomic mass is 16.4. The Morgan fingerprint density at radius 3 is 2.57 bits per heavy atom. The molecule has 1 aliphatic rings. The molecule has 0 saturated carbocycles. The minimum absolute atomic E-state index is 0.134. The van der Waals surface area contributed by atoms with Gasteiger partial charge in [0, 0.05) is 12.1 Å². The molecule has 2 amide bonds. The molecule has 0 aliphatic carbocycles. The van der Waals surface area contributed by atoms with E-state index in [-0.39, 0.29) is 18.3 Å². The maximum absolute atomic E-state index is 11.9. The molecule has 3 N–H and O–H groups in total. The average Bonchev–Trinajstić information content (AvgIpc) is 2.90. The normalized spacial score (nSPS) is 22.8. The van der Waals surface area contributed by atoms with E-state index in [0.29, 0.717) is 17.8 Å². The summed E-state index contributed by atoms with van der Waals surface area (Å²) in [5, 5.41) is 13.4. The molecule has 1 aromatic heterocycles. The van der Waals surface area contributed by atoms with E-state index >= 15 is 0 Å². The van der Waals surface area contributed by atoms with Crippen molar-refractivity contribution >= 4 is 12.0 Å². The number of furan rings is 1. The molecule has 1 aromatic rings. The van der Waals surface area contributed by atoms with Crippen molar-refractivity contribution in [1.82, 2.24) is 15.8 Å². The predicted molar refractivity (Wildman–Crippen MR) is 75.7 cm³/mol. The molecular formula is C14H21N3O4. The van der Waals surface area contributed by atoms with Crippen LogP contribution in [-0.2, 0) is 6.54 Å². The van der Waals surface area contributed by atoms with Crippen molar-refractivity contribution < 1.29 is 19.1 Å². The van der Waals surface area contributed by atoms with Crippen LogP contribution in [0, 0.1) is 0 Å². The number of urea groups is 1. The first-order valence-corrected chi connectivity index (χ1v) is 7.12. The van der Waals surface area contributed by atoms with Gasteiger partial charge in [-0.3, -0.25) is 5.43 Å². The van der Waals surface area contributed by atoms with Gasteiger partial charge in [0.05, 0.1) is 6.54 Å². The molecule has 0 radical (unpaired) electrons. The van der Waals surface area contributed by atoms with E-state index in [0.717, 1.165) is 12.8 Å². The summed E-state index contributed by atoms with van der Waals surface area (Å²) >= 11 is 0. The Morgan fingerprint density at radius 2 is 2.00 bits per heavy atom. The molecule has 2 heterocycles. The SMILES string of the molecule is CC1CCCC(C)N1NC(=O)NCc1ccc(C(=O)O)o1. The Bertz CT molecular complexity index is 504. The number of hydrazine groups is 1. The van der Waals surface area contributed by atoms with E-state index in [4.69, 9.17) is 9.52 Å². The second-order valence-corrected chi connectivity index (χ2v) is 5.40. The molecule has 116 valence electrons. The molecule has 1 aliphatic heterocycles. The van der Waals surface area contributed by atoms with Crippen LogP contribution < -0.4 is 10.7 Å². The van der Waals surface area contributed by atoms with Crippen LogP contribution in [0.4, 0.5) is 4.79 Å². The fourth-order valence-corrected chi connectivity index (χ4v) is 2.55. The summed E-state index contributed by atoms with van der Waals surface area (Å²) in [6.45, 7) is 4.32. The topological polar surface area (TPSA) is 94.8 Å². The molecule has 1 fully saturated rings. The first-order chi connectivity index (χ1) is 9.97. The molecule has 7 heteroatoms. The summed E-state index contributed by atoms with van der Waals surface area (Å²) in [6.07, 6.45) is 3.29. The Balaban J connectivity index is 1.82. The smallest absolute Gasteiger partial charge is 0.371 e. The number of rotatable bonds is 4. The quantitative estimate of drug-likeness (QED) is 0.789. The number of nitrogens with one attached hydrogen (secondary N) is 2. The Hall–Kier alpha value is -2.02. The summed E-state index contributed by atoms with van der Waals surface area (Å²) < 4.78 is 5.07. The Kier molecular flexibility index (Phi) is 4.85. The van der Waals surface area contributed by atoms with E-state index in [1.165, 1.54) is 18.6 Å². The lowest BCUT2D eigenvalue weighted by atomic mass is 10.00. The van der Waals surface area contributed by atoms with Crippen molar-refractivity contribution in [2.24, 2.45) is 0 Å². The van der Waals surface area contributed by atoms with Crippen molar-refractivity contribution in [3.8, 4) is 0 Å². The average molecular weight is 295 g/mol. The minimum Gasteiger partial charge on any atom is -0.475 e. The van der Waals surface area contributed by atoms with Gasteiger partial charge in [-0.1, -0.05) is 6.42 Å². The van der Waals surface area contributed by atoms with Crippen molar-refractivity contribution in [3.63, 3.8) is 0 Å². The maximum atomic E-state index is 11.9. The molecule has 2 unspecified atom stereocenters. The zero-order valence-electron chi connectivity index (χ0n) is 12.3. The number of hydrogen-bond donors (Lipinski definition) is 3. The van der Waals surface area contributed by atoms with Gasteiger partial charge in [-0.2, -0.15) is 0 Å². The Morgan fingerprint density at radius 1 is 1.33 bits per heavy atom. The highest BCUT2D eigenvalue weighted by molar-refractivity contribution is 5.84. The van der Waals surface area contributed by atoms with E-state index in [1.807, 2.05) is 5.01 Å². The summed E-state index contributed by atoms with van der Waals surface area (Å²) in [6, 6.07) is 3.20. The number of hydrogen-bond acceptors (Lipinski definition) is 4. The lowest BCUT2D eigenvalue weighted by Gasteiger charge is -2.38. The predicted octanol–water partition coefficient (Wildman–Crippen LogP) is 1.95. The van der Waals surface area contributed by atoms with Crippen molar-refractivity contribution in [2.45, 2.75) is 51.7 Å². The van der Waals surface area contributed by atoms with Crippen LogP contribution in [0.5, 0.6) is 0 Å². The highest BCUT2D eigenvalue weighted by Crippen LogP contribution is 2.20. The van der Waals surface area contributed by atoms with Gasteiger partial charge in [0.15, 0.2) is 0 Å². The van der Waals surface area contributed by atoms with Gasteiger partial charge in [0.2, 0.25) is 5.76 Å². The van der Waals surface area contributed by atoms with Crippen LogP contribution >= 0.6 is 0 Å². The lowest BCUT2D eigenvalue weighted by Crippen LogP contribution is -2.56. The van der Waals surface area contributed by atoms with Gasteiger partial charge in [0.1, 0.15) is 5.76 Å². The molecule has 21 heavy (non-hydrogen) atoms. The fourth-order valence-electron chi connectivity index (χ4n) is 2.55. The highest BCUT2D eigenvalue weighted by Gasteiger charge is 2.26. The summed E-state index contributed by atoms with van der Waals surface area (Å²) in [5.41, 5.74) is 2.84. The van der Waals surface area contributed by atoms with Crippen LogP contribution in [0.2, 0.25) is 0 Å². The van der Waals surface area contributed by atoms with E-state index in [2.05, 4.69) is 24.6 Å². The third-order valence-corrected chi connectivity index (χ3v) is 3.72. The van der Waals surface area contributed by atoms with Crippen LogP contribution in [0.3, 0.4) is 0 Å². The van der Waals surface area contributed by atoms with Crippen molar-refractivity contribution in [3.05, 3.63) is 23.7 Å². The first-order valence-electron chi connectivity index (χ1n) is 7.12. The van der Waals surface area contributed by atoms with Crippen molar-refractivity contribution in [2.75, 3.05) is 0 Å². The second-order valence-electron chi connectivity index (χ2n) is 5.40. The number of amides is 2. The number of carbonyl (C=O) groups excluding carboxylic acids is 1. The third kappa shape index (κ3) is 3.98. The maximum Gasteiger partial charge on any atom is 0.371 e.